The van der Waals surface area contributed by atoms with Gasteiger partial charge < -0.3 is 19.4 Å². The molecule has 0 bridgehead atoms. The highest BCUT2D eigenvalue weighted by Crippen LogP contribution is 2.39. The molecule has 1 fully saturated rings. The van der Waals surface area contributed by atoms with Crippen LogP contribution < -0.4 is 10.1 Å². The third-order valence-electron chi connectivity index (χ3n) is 4.80. The van der Waals surface area contributed by atoms with Crippen LogP contribution in [0.3, 0.4) is 0 Å². The predicted octanol–water partition coefficient (Wildman–Crippen LogP) is 5.09. The van der Waals surface area contributed by atoms with Gasteiger partial charge in [-0.25, -0.2) is 0 Å². The van der Waals surface area contributed by atoms with E-state index in [-0.39, 0.29) is 23.3 Å². The van der Waals surface area contributed by atoms with Crippen LogP contribution in [-0.4, -0.2) is 28.6 Å². The van der Waals surface area contributed by atoms with Gasteiger partial charge in [-0.3, -0.25) is 9.59 Å². The van der Waals surface area contributed by atoms with E-state index >= 15 is 0 Å². The van der Waals surface area contributed by atoms with Crippen LogP contribution in [0.4, 0.5) is 5.69 Å². The zero-order chi connectivity index (χ0) is 21.8. The van der Waals surface area contributed by atoms with Gasteiger partial charge in [-0.15, -0.1) is 11.8 Å². The molecule has 0 unspecified atom stereocenters. The molecule has 2 aromatic carbocycles. The van der Waals surface area contributed by atoms with Gasteiger partial charge in [-0.1, -0.05) is 18.2 Å². The number of rotatable bonds is 7. The number of thioether (sulfide) groups is 1. The van der Waals surface area contributed by atoms with E-state index in [1.54, 1.807) is 41.1 Å². The van der Waals surface area contributed by atoms with E-state index in [0.29, 0.717) is 29.3 Å². The van der Waals surface area contributed by atoms with Crippen LogP contribution in [0.5, 0.6) is 5.75 Å². The van der Waals surface area contributed by atoms with Crippen molar-refractivity contribution in [3.63, 3.8) is 0 Å². The van der Waals surface area contributed by atoms with Gasteiger partial charge in [0.05, 0.1) is 24.7 Å². The van der Waals surface area contributed by atoms with E-state index in [1.807, 2.05) is 56.3 Å². The second-order valence-electron chi connectivity index (χ2n) is 7.53. The quantitative estimate of drug-likeness (QED) is 0.558. The first kappa shape index (κ1) is 21.1. The third-order valence-corrected chi connectivity index (χ3v) is 6.05. The summed E-state index contributed by atoms with van der Waals surface area (Å²) in [6.45, 7) is 4.35. The second kappa shape index (κ2) is 9.31. The van der Waals surface area contributed by atoms with Crippen LogP contribution in [0, 0.1) is 0 Å². The van der Waals surface area contributed by atoms with E-state index in [9.17, 15) is 9.59 Å². The lowest BCUT2D eigenvalue weighted by Crippen LogP contribution is -2.27. The van der Waals surface area contributed by atoms with Gasteiger partial charge in [0.25, 0.3) is 5.91 Å². The molecular weight excluding hydrogens is 412 g/mol. The molecule has 7 heteroatoms. The van der Waals surface area contributed by atoms with E-state index < -0.39 is 0 Å². The van der Waals surface area contributed by atoms with Crippen molar-refractivity contribution in [2.45, 2.75) is 31.9 Å². The van der Waals surface area contributed by atoms with Crippen molar-refractivity contribution in [3.8, 4) is 5.75 Å². The highest BCUT2D eigenvalue weighted by Gasteiger charge is 2.33. The number of amides is 2. The fraction of sp³-hybridized carbons (Fsp3) is 0.250. The van der Waals surface area contributed by atoms with Crippen molar-refractivity contribution in [3.05, 3.63) is 83.8 Å². The van der Waals surface area contributed by atoms with Crippen LogP contribution in [0.25, 0.3) is 0 Å². The predicted molar refractivity (Wildman–Crippen MR) is 121 cm³/mol. The first-order valence-corrected chi connectivity index (χ1v) is 11.2. The van der Waals surface area contributed by atoms with Gasteiger partial charge >= 0.3 is 0 Å². The lowest BCUT2D eigenvalue weighted by Gasteiger charge is -2.23. The number of hydrogen-bond acceptors (Lipinski definition) is 5. The molecule has 3 aromatic rings. The maximum absolute atomic E-state index is 12.7. The van der Waals surface area contributed by atoms with Crippen molar-refractivity contribution in [2.75, 3.05) is 11.1 Å². The van der Waals surface area contributed by atoms with E-state index in [4.69, 9.17) is 9.15 Å². The number of nitrogens with zero attached hydrogens (tertiary/aromatic N) is 1. The molecule has 0 spiro atoms. The largest absolute Gasteiger partial charge is 0.491 e. The first-order valence-electron chi connectivity index (χ1n) is 10.1. The van der Waals surface area contributed by atoms with E-state index in [0.717, 1.165) is 11.3 Å². The van der Waals surface area contributed by atoms with E-state index in [1.165, 1.54) is 0 Å². The van der Waals surface area contributed by atoms with Crippen molar-refractivity contribution in [2.24, 2.45) is 0 Å². The summed E-state index contributed by atoms with van der Waals surface area (Å²) >= 11 is 1.58. The zero-order valence-electron chi connectivity index (χ0n) is 17.4. The maximum Gasteiger partial charge on any atom is 0.255 e. The molecule has 1 aliphatic rings. The molecule has 1 atom stereocenters. The summed E-state index contributed by atoms with van der Waals surface area (Å²) in [6.07, 6.45) is 1.67. The van der Waals surface area contributed by atoms with Gasteiger partial charge in [0.2, 0.25) is 5.91 Å². The number of ether oxygens (including phenoxy) is 1. The van der Waals surface area contributed by atoms with Gasteiger partial charge in [0.15, 0.2) is 0 Å². The van der Waals surface area contributed by atoms with Gasteiger partial charge in [-0.2, -0.15) is 0 Å². The molecule has 0 radical (unpaired) electrons. The molecule has 1 aromatic heterocycles. The van der Waals surface area contributed by atoms with Crippen molar-refractivity contribution in [1.82, 2.24) is 4.90 Å². The highest BCUT2D eigenvalue weighted by atomic mass is 32.2. The highest BCUT2D eigenvalue weighted by molar-refractivity contribution is 8.00. The minimum absolute atomic E-state index is 0.0613. The molecule has 0 aliphatic carbocycles. The van der Waals surface area contributed by atoms with Crippen molar-refractivity contribution >= 4 is 29.3 Å². The average molecular weight is 437 g/mol. The van der Waals surface area contributed by atoms with Crippen molar-refractivity contribution < 1.29 is 18.7 Å². The number of hydrogen-bond donors (Lipinski definition) is 1. The molecule has 2 heterocycles. The molecule has 1 aliphatic heterocycles. The molecule has 160 valence electrons. The van der Waals surface area contributed by atoms with Crippen LogP contribution in [0.2, 0.25) is 0 Å². The fourth-order valence-electron chi connectivity index (χ4n) is 3.39. The number of nitrogens with one attached hydrogen (secondary N) is 1. The number of benzene rings is 2. The molecule has 31 heavy (non-hydrogen) atoms. The Kier molecular flexibility index (Phi) is 6.32. The Morgan fingerprint density at radius 1 is 1.19 bits per heavy atom. The topological polar surface area (TPSA) is 71.8 Å². The van der Waals surface area contributed by atoms with Crippen LogP contribution in [0.1, 0.15) is 40.9 Å². The molecule has 1 saturated heterocycles. The Bertz CT molecular complexity index is 1050. The van der Waals surface area contributed by atoms with Crippen LogP contribution >= 0.6 is 11.8 Å². The number of anilines is 1. The Hall–Kier alpha value is -3.19. The lowest BCUT2D eigenvalue weighted by molar-refractivity contribution is -0.128. The molecule has 6 nitrogen and oxygen atoms in total. The molecule has 1 N–H and O–H groups in total. The minimum atomic E-state index is -0.198. The Labute approximate surface area is 185 Å². The maximum atomic E-state index is 12.7. The van der Waals surface area contributed by atoms with Crippen molar-refractivity contribution in [1.29, 1.82) is 0 Å². The molecule has 4 rings (SSSR count). The first-order chi connectivity index (χ1) is 15.0. The van der Waals surface area contributed by atoms with E-state index in [2.05, 4.69) is 5.32 Å². The third kappa shape index (κ3) is 5.11. The minimum Gasteiger partial charge on any atom is -0.491 e. The summed E-state index contributed by atoms with van der Waals surface area (Å²) in [7, 11) is 0. The fourth-order valence-corrected chi connectivity index (χ4v) is 4.58. The Morgan fingerprint density at radius 3 is 2.71 bits per heavy atom. The Morgan fingerprint density at radius 2 is 2.00 bits per heavy atom. The van der Waals surface area contributed by atoms with Gasteiger partial charge in [0.1, 0.15) is 16.9 Å². The standard InChI is InChI=1S/C24H24N2O4S/c1-16(2)30-20-6-3-5-19(13-20)25-23(28)17-8-10-18(11-9-17)24-26(22(27)15-31-24)14-21-7-4-12-29-21/h3-13,16,24H,14-15H2,1-2H3,(H,25,28)/t24-/m1/s1. The van der Waals surface area contributed by atoms with Gasteiger partial charge in [-0.05, 0) is 55.8 Å². The molecule has 2 amide bonds. The lowest BCUT2D eigenvalue weighted by atomic mass is 10.1. The SMILES string of the molecule is CC(C)Oc1cccc(NC(=O)c2ccc([C@H]3SCC(=O)N3Cc3ccco3)cc2)c1. The summed E-state index contributed by atoms with van der Waals surface area (Å²) in [5.74, 6) is 1.78. The summed E-state index contributed by atoms with van der Waals surface area (Å²) in [5, 5.41) is 2.81. The zero-order valence-corrected chi connectivity index (χ0v) is 18.2. The Balaban J connectivity index is 1.44. The summed E-state index contributed by atoms with van der Waals surface area (Å²) in [4.78, 5) is 26.8. The summed E-state index contributed by atoms with van der Waals surface area (Å²) in [6, 6.07) is 18.4. The summed E-state index contributed by atoms with van der Waals surface area (Å²) < 4.78 is 11.1. The van der Waals surface area contributed by atoms with Crippen LogP contribution in [-0.2, 0) is 11.3 Å². The number of carbonyl (C=O) groups excluding carboxylic acids is 2. The average Bonchev–Trinajstić information content (AvgIpc) is 3.39. The summed E-state index contributed by atoms with van der Waals surface area (Å²) in [5.41, 5.74) is 2.20. The van der Waals surface area contributed by atoms with Gasteiger partial charge in [0, 0.05) is 17.3 Å². The normalized spacial score (nSPS) is 16.0. The molecule has 0 saturated carbocycles. The van der Waals surface area contributed by atoms with Crippen LogP contribution in [0.15, 0.2) is 71.3 Å². The molecular formula is C24H24N2O4S. The second-order valence-corrected chi connectivity index (χ2v) is 8.60. The number of carbonyl (C=O) groups is 2. The smallest absolute Gasteiger partial charge is 0.255 e. The number of furan rings is 1. The monoisotopic (exact) mass is 436 g/mol.